The molecular weight excluding hydrogens is 504 g/mol. The van der Waals surface area contributed by atoms with Gasteiger partial charge in [-0.25, -0.2) is 17.8 Å². The van der Waals surface area contributed by atoms with Crippen molar-refractivity contribution >= 4 is 39.8 Å². The van der Waals surface area contributed by atoms with Crippen LogP contribution in [0.1, 0.15) is 36.0 Å². The second-order valence-corrected chi connectivity index (χ2v) is 9.32. The number of hydrogen-bond donors (Lipinski definition) is 2. The average Bonchev–Trinajstić information content (AvgIpc) is 3.41. The van der Waals surface area contributed by atoms with Gasteiger partial charge in [-0.05, 0) is 42.2 Å². The van der Waals surface area contributed by atoms with Crippen LogP contribution in [-0.2, 0) is 22.1 Å². The summed E-state index contributed by atoms with van der Waals surface area (Å²) in [5.74, 6) is 0.591. The van der Waals surface area contributed by atoms with E-state index in [4.69, 9.17) is 0 Å². The Hall–Kier alpha value is -1.68. The predicted molar refractivity (Wildman–Crippen MR) is 126 cm³/mol. The van der Waals surface area contributed by atoms with Crippen molar-refractivity contribution in [2.75, 3.05) is 12.8 Å². The number of hydrogen-bond acceptors (Lipinski definition) is 3. The molecule has 1 aliphatic rings. The molecule has 0 aromatic heterocycles. The van der Waals surface area contributed by atoms with Crippen LogP contribution in [0.25, 0.3) is 0 Å². The average molecular weight is 531 g/mol. The van der Waals surface area contributed by atoms with Crippen molar-refractivity contribution in [2.45, 2.75) is 37.6 Å². The molecule has 3 rings (SSSR count). The van der Waals surface area contributed by atoms with Crippen LogP contribution in [0.15, 0.2) is 53.5 Å². The second kappa shape index (κ2) is 10.4. The number of aliphatic imine (C=N–C) groups is 1. The lowest BCUT2D eigenvalue weighted by Crippen LogP contribution is -2.39. The van der Waals surface area contributed by atoms with E-state index < -0.39 is 15.7 Å². The lowest BCUT2D eigenvalue weighted by Gasteiger charge is -2.12. The van der Waals surface area contributed by atoms with Crippen molar-refractivity contribution in [3.05, 3.63) is 71.0 Å². The second-order valence-electron chi connectivity index (χ2n) is 7.18. The van der Waals surface area contributed by atoms with Gasteiger partial charge in [-0.15, -0.1) is 24.0 Å². The molecule has 1 fully saturated rings. The number of nitrogens with zero attached hydrogens (tertiary/aromatic N) is 1. The summed E-state index contributed by atoms with van der Waals surface area (Å²) in [7, 11) is -3.21. The van der Waals surface area contributed by atoms with Crippen LogP contribution in [-0.4, -0.2) is 33.2 Å². The molecule has 0 saturated heterocycles. The molecule has 1 saturated carbocycles. The zero-order valence-corrected chi connectivity index (χ0v) is 19.7. The number of sulfone groups is 1. The van der Waals surface area contributed by atoms with Crippen LogP contribution in [0.3, 0.4) is 0 Å². The molecule has 5 nitrogen and oxygen atoms in total. The van der Waals surface area contributed by atoms with Crippen molar-refractivity contribution in [3.8, 4) is 0 Å². The molecule has 0 heterocycles. The highest BCUT2D eigenvalue weighted by molar-refractivity contribution is 14.0. The Morgan fingerprint density at radius 1 is 1.17 bits per heavy atom. The first-order chi connectivity index (χ1) is 13.4. The predicted octanol–water partition coefficient (Wildman–Crippen LogP) is 3.60. The minimum Gasteiger partial charge on any atom is -0.357 e. The Labute approximate surface area is 189 Å². The highest BCUT2D eigenvalue weighted by Gasteiger charge is 2.38. The van der Waals surface area contributed by atoms with E-state index in [1.165, 1.54) is 30.0 Å². The molecule has 0 bridgehead atoms. The summed E-state index contributed by atoms with van der Waals surface area (Å²) in [5.41, 5.74) is 2.46. The maximum Gasteiger partial charge on any atom is 0.191 e. The third-order valence-corrected chi connectivity index (χ3v) is 5.51. The smallest absolute Gasteiger partial charge is 0.191 e. The molecule has 0 aliphatic heterocycles. The van der Waals surface area contributed by atoms with Gasteiger partial charge in [0.05, 0.1) is 12.3 Å². The summed E-state index contributed by atoms with van der Waals surface area (Å²) >= 11 is 0. The third-order valence-electron chi connectivity index (χ3n) is 4.68. The summed E-state index contributed by atoms with van der Waals surface area (Å²) in [6.45, 7) is 2.89. The molecule has 2 N–H and O–H groups in total. The molecule has 2 atom stereocenters. The molecule has 1 aliphatic carbocycles. The first-order valence-electron chi connectivity index (χ1n) is 9.40. The summed E-state index contributed by atoms with van der Waals surface area (Å²) < 4.78 is 37.0. The van der Waals surface area contributed by atoms with Crippen LogP contribution in [0.5, 0.6) is 0 Å². The largest absolute Gasteiger partial charge is 0.357 e. The highest BCUT2D eigenvalue weighted by atomic mass is 127. The van der Waals surface area contributed by atoms with Crippen LogP contribution in [0.2, 0.25) is 0 Å². The Morgan fingerprint density at radius 3 is 2.55 bits per heavy atom. The van der Waals surface area contributed by atoms with Crippen molar-refractivity contribution in [1.29, 1.82) is 0 Å². The Kier molecular flexibility index (Phi) is 8.45. The van der Waals surface area contributed by atoms with Crippen molar-refractivity contribution < 1.29 is 12.8 Å². The van der Waals surface area contributed by atoms with Gasteiger partial charge in [-0.2, -0.15) is 0 Å². The molecular formula is C21H27FIN3O2S. The molecule has 2 aromatic carbocycles. The number of halogens is 2. The maximum absolute atomic E-state index is 13.7. The van der Waals surface area contributed by atoms with Gasteiger partial charge in [0.2, 0.25) is 0 Å². The zero-order chi connectivity index (χ0) is 20.1. The molecule has 158 valence electrons. The highest BCUT2D eigenvalue weighted by Crippen LogP contribution is 2.40. The quantitative estimate of drug-likeness (QED) is 0.326. The van der Waals surface area contributed by atoms with Crippen LogP contribution in [0, 0.1) is 5.82 Å². The van der Waals surface area contributed by atoms with Gasteiger partial charge in [0.25, 0.3) is 0 Å². The fraction of sp³-hybridized carbons (Fsp3) is 0.381. The van der Waals surface area contributed by atoms with Gasteiger partial charge in [0.15, 0.2) is 15.8 Å². The third kappa shape index (κ3) is 7.26. The number of nitrogens with one attached hydrogen (secondary N) is 2. The van der Waals surface area contributed by atoms with Gasteiger partial charge in [-0.3, -0.25) is 0 Å². The minimum atomic E-state index is -3.21. The van der Waals surface area contributed by atoms with Crippen molar-refractivity contribution in [3.63, 3.8) is 0 Å². The van der Waals surface area contributed by atoms with E-state index >= 15 is 0 Å². The van der Waals surface area contributed by atoms with E-state index in [2.05, 4.69) is 27.8 Å². The summed E-state index contributed by atoms with van der Waals surface area (Å²) in [6, 6.07) is 14.8. The van der Waals surface area contributed by atoms with E-state index in [0.717, 1.165) is 6.42 Å². The van der Waals surface area contributed by atoms with E-state index in [-0.39, 0.29) is 36.3 Å². The van der Waals surface area contributed by atoms with E-state index in [1.807, 2.05) is 25.1 Å². The molecule has 0 radical (unpaired) electrons. The molecule has 0 amide bonds. The van der Waals surface area contributed by atoms with E-state index in [1.54, 1.807) is 0 Å². The number of benzene rings is 2. The van der Waals surface area contributed by atoms with Crippen molar-refractivity contribution in [1.82, 2.24) is 10.6 Å². The fourth-order valence-corrected chi connectivity index (χ4v) is 4.09. The van der Waals surface area contributed by atoms with Gasteiger partial charge >= 0.3 is 0 Å². The van der Waals surface area contributed by atoms with Gasteiger partial charge in [0.1, 0.15) is 5.82 Å². The van der Waals surface area contributed by atoms with Crippen LogP contribution in [0.4, 0.5) is 4.39 Å². The summed E-state index contributed by atoms with van der Waals surface area (Å²) in [5, 5.41) is 6.63. The Bertz CT molecular complexity index is 952. The molecule has 29 heavy (non-hydrogen) atoms. The summed E-state index contributed by atoms with van der Waals surface area (Å²) in [4.78, 5) is 4.56. The molecule has 2 aromatic rings. The van der Waals surface area contributed by atoms with E-state index in [0.29, 0.717) is 35.6 Å². The first-order valence-corrected chi connectivity index (χ1v) is 11.5. The molecule has 8 heteroatoms. The monoisotopic (exact) mass is 531 g/mol. The SMILES string of the molecule is CCNC(=NCc1cc(F)ccc1CS(C)(=O)=O)NC1CC1c1ccccc1.I. The minimum absolute atomic E-state index is 0. The Morgan fingerprint density at radius 2 is 1.90 bits per heavy atom. The topological polar surface area (TPSA) is 70.6 Å². The fourth-order valence-electron chi connectivity index (χ4n) is 3.25. The maximum atomic E-state index is 13.7. The van der Waals surface area contributed by atoms with E-state index in [9.17, 15) is 12.8 Å². The standard InChI is InChI=1S/C21H26FN3O2S.HI/c1-3-23-21(25-20-12-19(20)15-7-5-4-6-8-15)24-13-17-11-18(22)10-9-16(17)14-28(2,26)27;/h4-11,19-20H,3,12-14H2,1-2H3,(H2,23,24,25);1H. The lowest BCUT2D eigenvalue weighted by molar-refractivity contribution is 0.600. The summed E-state index contributed by atoms with van der Waals surface area (Å²) in [6.07, 6.45) is 2.21. The lowest BCUT2D eigenvalue weighted by atomic mass is 10.1. The molecule has 2 unspecified atom stereocenters. The van der Waals surface area contributed by atoms with Crippen molar-refractivity contribution in [2.24, 2.45) is 4.99 Å². The number of guanidine groups is 1. The molecule has 0 spiro atoms. The zero-order valence-electron chi connectivity index (χ0n) is 16.6. The Balaban J connectivity index is 0.00000300. The van der Waals surface area contributed by atoms with Crippen LogP contribution < -0.4 is 10.6 Å². The normalized spacial score (nSPS) is 18.7. The first kappa shape index (κ1) is 23.6. The van der Waals surface area contributed by atoms with Gasteiger partial charge in [-0.1, -0.05) is 36.4 Å². The van der Waals surface area contributed by atoms with Crippen LogP contribution >= 0.6 is 24.0 Å². The van der Waals surface area contributed by atoms with Gasteiger partial charge in [0, 0.05) is 24.8 Å². The van der Waals surface area contributed by atoms with Gasteiger partial charge < -0.3 is 10.6 Å². The number of rotatable bonds is 7.